The summed E-state index contributed by atoms with van der Waals surface area (Å²) < 4.78 is 13.0. The molecule has 9 nitrogen and oxygen atoms in total. The second-order valence-electron chi connectivity index (χ2n) is 4.92. The molecule has 3 aromatic rings. The lowest BCUT2D eigenvalue weighted by atomic mass is 10.1. The maximum Gasteiger partial charge on any atom is 0.395 e. The highest BCUT2D eigenvalue weighted by Crippen LogP contribution is 2.23. The molecule has 10 heteroatoms. The molecule has 1 aromatic carbocycles. The second kappa shape index (κ2) is 6.35. The van der Waals surface area contributed by atoms with Gasteiger partial charge in [0.15, 0.2) is 0 Å². The molecule has 3 rings (SSSR count). The number of halogens is 1. The highest BCUT2D eigenvalue weighted by Gasteiger charge is 2.21. The van der Waals surface area contributed by atoms with Gasteiger partial charge in [-0.15, -0.1) is 0 Å². The zero-order valence-corrected chi connectivity index (χ0v) is 12.4. The van der Waals surface area contributed by atoms with Gasteiger partial charge >= 0.3 is 11.2 Å². The number of benzene rings is 1. The fourth-order valence-electron chi connectivity index (χ4n) is 2.15. The summed E-state index contributed by atoms with van der Waals surface area (Å²) >= 11 is 0. The van der Waals surface area contributed by atoms with Gasteiger partial charge in [0.2, 0.25) is 0 Å². The third-order valence-corrected chi connectivity index (χ3v) is 3.30. The summed E-state index contributed by atoms with van der Waals surface area (Å²) in [5.74, 6) is -1.41. The Bertz CT molecular complexity index is 1020. The number of hydrogen-bond donors (Lipinski definition) is 3. The van der Waals surface area contributed by atoms with E-state index in [9.17, 15) is 24.4 Å². The van der Waals surface area contributed by atoms with Crippen molar-refractivity contribution in [2.75, 3.05) is 0 Å². The first-order valence-electron chi connectivity index (χ1n) is 6.91. The third kappa shape index (κ3) is 3.27. The lowest BCUT2D eigenvalue weighted by Crippen LogP contribution is -2.14. The first-order valence-corrected chi connectivity index (χ1v) is 6.91. The van der Waals surface area contributed by atoms with Crippen LogP contribution in [0.15, 0.2) is 35.3 Å². The van der Waals surface area contributed by atoms with Crippen LogP contribution in [0.2, 0.25) is 0 Å². The van der Waals surface area contributed by atoms with E-state index >= 15 is 0 Å². The number of nitro groups is 1. The van der Waals surface area contributed by atoms with Crippen LogP contribution >= 0.6 is 0 Å². The smallest absolute Gasteiger partial charge is 0.395 e. The Labute approximate surface area is 138 Å². The fourth-order valence-corrected chi connectivity index (χ4v) is 2.15. The molecule has 0 atom stereocenters. The van der Waals surface area contributed by atoms with Gasteiger partial charge in [0.1, 0.15) is 11.6 Å². The van der Waals surface area contributed by atoms with Crippen molar-refractivity contribution in [3.05, 3.63) is 68.1 Å². The molecule has 0 aliphatic rings. The summed E-state index contributed by atoms with van der Waals surface area (Å²) in [6.07, 6.45) is 4.38. The van der Waals surface area contributed by atoms with Crippen LogP contribution < -0.4 is 5.56 Å². The molecule has 25 heavy (non-hydrogen) atoms. The Morgan fingerprint density at radius 2 is 1.96 bits per heavy atom. The Morgan fingerprint density at radius 3 is 2.60 bits per heavy atom. The van der Waals surface area contributed by atoms with Crippen LogP contribution in [0.5, 0.6) is 5.88 Å². The largest absolute Gasteiger partial charge is 0.488 e. The number of aromatic amines is 2. The van der Waals surface area contributed by atoms with Gasteiger partial charge in [-0.1, -0.05) is 0 Å². The second-order valence-corrected chi connectivity index (χ2v) is 4.92. The van der Waals surface area contributed by atoms with Gasteiger partial charge in [0, 0.05) is 11.1 Å². The molecule has 0 saturated heterocycles. The zero-order valence-electron chi connectivity index (χ0n) is 12.4. The summed E-state index contributed by atoms with van der Waals surface area (Å²) in [7, 11) is 0. The van der Waals surface area contributed by atoms with Gasteiger partial charge in [0.25, 0.3) is 5.88 Å². The third-order valence-electron chi connectivity index (χ3n) is 3.30. The average molecular weight is 343 g/mol. The fraction of sp³-hybridized carbons (Fsp3) is 0. The van der Waals surface area contributed by atoms with Crippen LogP contribution in [0, 0.1) is 15.9 Å². The lowest BCUT2D eigenvalue weighted by molar-refractivity contribution is -0.387. The van der Waals surface area contributed by atoms with E-state index < -0.39 is 22.0 Å². The molecule has 0 radical (unpaired) electrons. The van der Waals surface area contributed by atoms with Gasteiger partial charge in [-0.2, -0.15) is 10.1 Å². The zero-order chi connectivity index (χ0) is 18.0. The number of nitrogens with zero attached hydrogens (tertiary/aromatic N) is 3. The minimum atomic E-state index is -1.07. The molecule has 3 N–H and O–H groups in total. The molecule has 0 fully saturated rings. The van der Waals surface area contributed by atoms with Crippen LogP contribution in [0.3, 0.4) is 0 Å². The molecule has 0 aliphatic carbocycles. The van der Waals surface area contributed by atoms with Crippen molar-refractivity contribution in [1.82, 2.24) is 20.2 Å². The van der Waals surface area contributed by atoms with Crippen molar-refractivity contribution < 1.29 is 14.4 Å². The van der Waals surface area contributed by atoms with Gasteiger partial charge in [-0.05, 0) is 36.4 Å². The molecule has 0 saturated carbocycles. The van der Waals surface area contributed by atoms with Crippen molar-refractivity contribution in [2.24, 2.45) is 0 Å². The Kier molecular flexibility index (Phi) is 4.08. The van der Waals surface area contributed by atoms with Crippen molar-refractivity contribution in [2.45, 2.75) is 0 Å². The molecule has 0 bridgehead atoms. The molecule has 0 amide bonds. The first-order chi connectivity index (χ1) is 12.0. The molecule has 0 aliphatic heterocycles. The molecular weight excluding hydrogens is 333 g/mol. The van der Waals surface area contributed by atoms with E-state index in [-0.39, 0.29) is 11.6 Å². The molecular formula is C15H10FN5O4. The summed E-state index contributed by atoms with van der Waals surface area (Å²) in [5, 5.41) is 26.8. The standard InChI is InChI=1S/C15H10FN5O4/c16-10-4-1-8(2-5-10)12-9(7-17-20-12)3-6-11-18-14(22)13(21(24)25)15(23)19-11/h1-7H,(H,17,20)(H2,18,19,22,23)/b6-3+. The number of rotatable bonds is 4. The first kappa shape index (κ1) is 16.1. The predicted molar refractivity (Wildman–Crippen MR) is 86.1 cm³/mol. The summed E-state index contributed by atoms with van der Waals surface area (Å²) in [5.41, 5.74) is -0.195. The molecule has 0 spiro atoms. The van der Waals surface area contributed by atoms with Gasteiger partial charge in [-0.25, -0.2) is 4.39 Å². The van der Waals surface area contributed by atoms with Crippen LogP contribution in [0.4, 0.5) is 10.1 Å². The predicted octanol–water partition coefficient (Wildman–Crippen LogP) is 2.08. The molecule has 2 aromatic heterocycles. The molecule has 126 valence electrons. The van der Waals surface area contributed by atoms with Crippen LogP contribution in [-0.2, 0) is 0 Å². The van der Waals surface area contributed by atoms with E-state index in [1.165, 1.54) is 30.5 Å². The SMILES string of the molecule is O=c1[nH]c(/C=C/c2cn[nH]c2-c2ccc(F)cc2)nc(O)c1[N+](=O)[O-]. The topological polar surface area (TPSA) is 138 Å². The number of aromatic hydroxyl groups is 1. The van der Waals surface area contributed by atoms with E-state index in [1.807, 2.05) is 0 Å². The van der Waals surface area contributed by atoms with Crippen molar-refractivity contribution in [3.63, 3.8) is 0 Å². The number of aromatic nitrogens is 4. The summed E-state index contributed by atoms with van der Waals surface area (Å²) in [4.78, 5) is 27.0. The maximum absolute atomic E-state index is 13.0. The van der Waals surface area contributed by atoms with Gasteiger partial charge in [-0.3, -0.25) is 20.0 Å². The monoisotopic (exact) mass is 343 g/mol. The minimum Gasteiger partial charge on any atom is -0.488 e. The lowest BCUT2D eigenvalue weighted by Gasteiger charge is -2.00. The summed E-state index contributed by atoms with van der Waals surface area (Å²) in [6, 6.07) is 5.74. The van der Waals surface area contributed by atoms with E-state index in [0.29, 0.717) is 16.8 Å². The Morgan fingerprint density at radius 1 is 1.24 bits per heavy atom. The highest BCUT2D eigenvalue weighted by molar-refractivity contribution is 5.77. The number of H-pyrrole nitrogens is 2. The summed E-state index contributed by atoms with van der Waals surface area (Å²) in [6.45, 7) is 0. The van der Waals surface area contributed by atoms with Gasteiger partial charge < -0.3 is 10.1 Å². The normalized spacial score (nSPS) is 11.1. The molecule has 0 unspecified atom stereocenters. The quantitative estimate of drug-likeness (QED) is 0.490. The van der Waals surface area contributed by atoms with E-state index in [2.05, 4.69) is 20.2 Å². The average Bonchev–Trinajstić information content (AvgIpc) is 3.01. The Hall–Kier alpha value is -3.82. The van der Waals surface area contributed by atoms with E-state index in [0.717, 1.165) is 0 Å². The highest BCUT2D eigenvalue weighted by atomic mass is 19.1. The van der Waals surface area contributed by atoms with Crippen molar-refractivity contribution in [3.8, 4) is 17.1 Å². The van der Waals surface area contributed by atoms with Gasteiger partial charge in [0.05, 0.1) is 16.8 Å². The number of nitrogens with one attached hydrogen (secondary N) is 2. The van der Waals surface area contributed by atoms with Crippen molar-refractivity contribution >= 4 is 17.8 Å². The minimum absolute atomic E-state index is 0.0700. The maximum atomic E-state index is 13.0. The van der Waals surface area contributed by atoms with Crippen LogP contribution in [-0.4, -0.2) is 30.2 Å². The Balaban J connectivity index is 1.94. The molecule has 2 heterocycles. The van der Waals surface area contributed by atoms with E-state index in [1.54, 1.807) is 12.1 Å². The van der Waals surface area contributed by atoms with Crippen LogP contribution in [0.1, 0.15) is 11.4 Å². The van der Waals surface area contributed by atoms with E-state index in [4.69, 9.17) is 0 Å². The number of hydrogen-bond acceptors (Lipinski definition) is 6. The van der Waals surface area contributed by atoms with Crippen molar-refractivity contribution in [1.29, 1.82) is 0 Å². The van der Waals surface area contributed by atoms with Crippen LogP contribution in [0.25, 0.3) is 23.4 Å².